The molecule has 0 saturated heterocycles. The van der Waals surface area contributed by atoms with Crippen LogP contribution in [0.25, 0.3) is 0 Å². The normalized spacial score (nSPS) is 15.3. The van der Waals surface area contributed by atoms with Crippen molar-refractivity contribution >= 4 is 11.6 Å². The Bertz CT molecular complexity index is 355. The molecular weight excluding hydrogens is 212 g/mol. The maximum absolute atomic E-state index is 13.2. The van der Waals surface area contributed by atoms with E-state index in [-0.39, 0.29) is 12.1 Å². The van der Waals surface area contributed by atoms with Gasteiger partial charge >= 0.3 is 0 Å². The average Bonchev–Trinajstić information content (AvgIpc) is 2.12. The molecule has 0 aliphatic carbocycles. The molecule has 0 saturated carbocycles. The van der Waals surface area contributed by atoms with Gasteiger partial charge in [0, 0.05) is 12.1 Å². The Morgan fingerprint density at radius 2 is 1.93 bits per heavy atom. The van der Waals surface area contributed by atoms with Crippen LogP contribution >= 0.6 is 11.6 Å². The van der Waals surface area contributed by atoms with Gasteiger partial charge in [0.1, 0.15) is 17.2 Å². The van der Waals surface area contributed by atoms with Crippen molar-refractivity contribution in [3.63, 3.8) is 0 Å². The lowest BCUT2D eigenvalue weighted by atomic mass is 9.95. The third-order valence-electron chi connectivity index (χ3n) is 1.98. The van der Waals surface area contributed by atoms with Gasteiger partial charge < -0.3 is 10.8 Å². The summed E-state index contributed by atoms with van der Waals surface area (Å²) in [6.07, 6.45) is 0. The van der Waals surface area contributed by atoms with E-state index in [1.807, 2.05) is 0 Å². The van der Waals surface area contributed by atoms with Crippen molar-refractivity contribution in [1.29, 1.82) is 0 Å². The Hall–Kier alpha value is -0.710. The van der Waals surface area contributed by atoms with E-state index in [1.54, 1.807) is 0 Å². The summed E-state index contributed by atoms with van der Waals surface area (Å²) < 4.78 is 26.2. The molecule has 0 aliphatic rings. The van der Waals surface area contributed by atoms with Crippen LogP contribution in [-0.2, 0) is 5.60 Å². The van der Waals surface area contributed by atoms with Crippen molar-refractivity contribution in [2.75, 3.05) is 6.54 Å². The second-order valence-corrected chi connectivity index (χ2v) is 3.57. The number of hydrogen-bond donors (Lipinski definition) is 2. The van der Waals surface area contributed by atoms with Gasteiger partial charge in [-0.1, -0.05) is 11.6 Å². The first-order valence-corrected chi connectivity index (χ1v) is 4.34. The van der Waals surface area contributed by atoms with E-state index in [0.29, 0.717) is 0 Å². The van der Waals surface area contributed by atoms with Gasteiger partial charge in [-0.2, -0.15) is 0 Å². The summed E-state index contributed by atoms with van der Waals surface area (Å²) in [7, 11) is 0. The molecule has 0 amide bonds. The van der Waals surface area contributed by atoms with Crippen LogP contribution in [0.15, 0.2) is 12.1 Å². The summed E-state index contributed by atoms with van der Waals surface area (Å²) in [6, 6.07) is 1.80. The number of hydrogen-bond acceptors (Lipinski definition) is 2. The summed E-state index contributed by atoms with van der Waals surface area (Å²) in [5, 5.41) is 9.23. The standard InChI is InChI=1S/C9H10ClF2NO/c1-9(14,4-13)7-5(11)2-3-6(12)8(7)10/h2-3,14H,4,13H2,1H3. The lowest BCUT2D eigenvalue weighted by molar-refractivity contribution is 0.0627. The summed E-state index contributed by atoms with van der Waals surface area (Å²) in [5.74, 6) is -1.55. The van der Waals surface area contributed by atoms with Gasteiger partial charge in [-0.25, -0.2) is 8.78 Å². The summed E-state index contributed by atoms with van der Waals surface area (Å²) in [5.41, 5.74) is 3.26. The van der Waals surface area contributed by atoms with E-state index in [9.17, 15) is 13.9 Å². The molecule has 1 aromatic carbocycles. The van der Waals surface area contributed by atoms with E-state index >= 15 is 0 Å². The fraction of sp³-hybridized carbons (Fsp3) is 0.333. The molecule has 0 aliphatic heterocycles. The number of aliphatic hydroxyl groups is 1. The smallest absolute Gasteiger partial charge is 0.142 e. The molecule has 1 rings (SSSR count). The van der Waals surface area contributed by atoms with Gasteiger partial charge in [-0.15, -0.1) is 0 Å². The fourth-order valence-electron chi connectivity index (χ4n) is 1.12. The van der Waals surface area contributed by atoms with Gasteiger partial charge in [0.2, 0.25) is 0 Å². The van der Waals surface area contributed by atoms with Crippen LogP contribution in [0.5, 0.6) is 0 Å². The molecule has 0 spiro atoms. The van der Waals surface area contributed by atoms with E-state index in [0.717, 1.165) is 12.1 Å². The zero-order chi connectivity index (χ0) is 10.9. The lowest BCUT2D eigenvalue weighted by Crippen LogP contribution is -2.32. The van der Waals surface area contributed by atoms with Crippen molar-refractivity contribution in [3.8, 4) is 0 Å². The highest BCUT2D eigenvalue weighted by Crippen LogP contribution is 2.31. The average molecular weight is 222 g/mol. The minimum absolute atomic E-state index is 0.243. The zero-order valence-corrected chi connectivity index (χ0v) is 8.28. The first-order valence-electron chi connectivity index (χ1n) is 3.96. The van der Waals surface area contributed by atoms with Crippen molar-refractivity contribution in [3.05, 3.63) is 34.4 Å². The van der Waals surface area contributed by atoms with E-state index < -0.39 is 22.3 Å². The Balaban J connectivity index is 3.40. The van der Waals surface area contributed by atoms with Crippen molar-refractivity contribution < 1.29 is 13.9 Å². The van der Waals surface area contributed by atoms with Gasteiger partial charge in [-0.3, -0.25) is 0 Å². The van der Waals surface area contributed by atoms with Gasteiger partial charge in [0.15, 0.2) is 0 Å². The van der Waals surface area contributed by atoms with Crippen LogP contribution < -0.4 is 5.73 Å². The highest BCUT2D eigenvalue weighted by molar-refractivity contribution is 6.31. The molecule has 1 unspecified atom stereocenters. The maximum Gasteiger partial charge on any atom is 0.142 e. The molecule has 0 radical (unpaired) electrons. The third kappa shape index (κ3) is 1.87. The molecule has 2 nitrogen and oxygen atoms in total. The number of benzene rings is 1. The topological polar surface area (TPSA) is 46.2 Å². The van der Waals surface area contributed by atoms with Crippen molar-refractivity contribution in [1.82, 2.24) is 0 Å². The first kappa shape index (κ1) is 11.4. The number of nitrogens with two attached hydrogens (primary N) is 1. The van der Waals surface area contributed by atoms with Crippen LogP contribution in [0.3, 0.4) is 0 Å². The highest BCUT2D eigenvalue weighted by Gasteiger charge is 2.29. The third-order valence-corrected chi connectivity index (χ3v) is 2.35. The Labute approximate surface area is 85.3 Å². The highest BCUT2D eigenvalue weighted by atomic mass is 35.5. The number of halogens is 3. The quantitative estimate of drug-likeness (QED) is 0.748. The fourth-order valence-corrected chi connectivity index (χ4v) is 1.48. The lowest BCUT2D eigenvalue weighted by Gasteiger charge is -2.23. The Morgan fingerprint density at radius 1 is 1.43 bits per heavy atom. The van der Waals surface area contributed by atoms with E-state index in [4.69, 9.17) is 17.3 Å². The maximum atomic E-state index is 13.2. The second-order valence-electron chi connectivity index (χ2n) is 3.20. The molecule has 0 bridgehead atoms. The molecule has 1 atom stereocenters. The molecule has 5 heteroatoms. The molecular formula is C9H10ClF2NO. The van der Waals surface area contributed by atoms with E-state index in [2.05, 4.69) is 0 Å². The molecule has 1 aromatic rings. The molecule has 0 aromatic heterocycles. The minimum Gasteiger partial charge on any atom is -0.384 e. The van der Waals surface area contributed by atoms with Gasteiger partial charge in [0.05, 0.1) is 5.02 Å². The molecule has 78 valence electrons. The minimum atomic E-state index is -1.66. The molecule has 14 heavy (non-hydrogen) atoms. The summed E-state index contributed by atoms with van der Waals surface area (Å²) in [4.78, 5) is 0. The molecule has 3 N–H and O–H groups in total. The van der Waals surface area contributed by atoms with Crippen molar-refractivity contribution in [2.24, 2.45) is 5.73 Å². The van der Waals surface area contributed by atoms with Gasteiger partial charge in [0.25, 0.3) is 0 Å². The SMILES string of the molecule is CC(O)(CN)c1c(F)ccc(F)c1Cl. The summed E-state index contributed by atoms with van der Waals surface area (Å²) in [6.45, 7) is 1.03. The van der Waals surface area contributed by atoms with Gasteiger partial charge in [-0.05, 0) is 19.1 Å². The second kappa shape index (κ2) is 3.81. The van der Waals surface area contributed by atoms with Crippen LogP contribution in [0, 0.1) is 11.6 Å². The Kier molecular flexibility index (Phi) is 3.09. The van der Waals surface area contributed by atoms with Crippen LogP contribution in [0.1, 0.15) is 12.5 Å². The zero-order valence-electron chi connectivity index (χ0n) is 7.52. The van der Waals surface area contributed by atoms with Crippen LogP contribution in [0.4, 0.5) is 8.78 Å². The number of rotatable bonds is 2. The molecule has 0 fully saturated rings. The summed E-state index contributed by atoms with van der Waals surface area (Å²) >= 11 is 5.53. The molecule has 0 heterocycles. The van der Waals surface area contributed by atoms with Crippen molar-refractivity contribution in [2.45, 2.75) is 12.5 Å². The van der Waals surface area contributed by atoms with E-state index in [1.165, 1.54) is 6.92 Å². The predicted octanol–water partition coefficient (Wildman–Crippen LogP) is 1.78. The van der Waals surface area contributed by atoms with Crippen LogP contribution in [0.2, 0.25) is 5.02 Å². The Morgan fingerprint density at radius 3 is 2.43 bits per heavy atom. The first-order chi connectivity index (χ1) is 6.40. The monoisotopic (exact) mass is 221 g/mol. The predicted molar refractivity (Wildman–Crippen MR) is 50.0 cm³/mol. The largest absolute Gasteiger partial charge is 0.384 e. The van der Waals surface area contributed by atoms with Crippen LogP contribution in [-0.4, -0.2) is 11.7 Å².